The van der Waals surface area contributed by atoms with Crippen LogP contribution in [0.1, 0.15) is 25.5 Å². The van der Waals surface area contributed by atoms with Gasteiger partial charge in [-0.2, -0.15) is 0 Å². The van der Waals surface area contributed by atoms with Crippen LogP contribution in [0, 0.1) is 11.2 Å². The first kappa shape index (κ1) is 15.2. The van der Waals surface area contributed by atoms with Crippen molar-refractivity contribution in [1.82, 2.24) is 10.2 Å². The number of benzene rings is 1. The van der Waals surface area contributed by atoms with Crippen molar-refractivity contribution >= 4 is 0 Å². The lowest BCUT2D eigenvalue weighted by molar-refractivity contribution is 0.0303. The number of piperazine rings is 1. The number of nitrogens with one attached hydrogen (secondary N) is 1. The van der Waals surface area contributed by atoms with Crippen LogP contribution >= 0.6 is 0 Å². The molecule has 0 saturated carbocycles. The zero-order chi connectivity index (χ0) is 14.8. The van der Waals surface area contributed by atoms with Gasteiger partial charge in [-0.3, -0.25) is 4.90 Å². The summed E-state index contributed by atoms with van der Waals surface area (Å²) in [6.45, 7) is 7.46. The van der Waals surface area contributed by atoms with Gasteiger partial charge in [0, 0.05) is 44.2 Å². The molecule has 112 valence electrons. The number of phenols is 1. The number of aromatic hydroxyl groups is 1. The predicted octanol–water partition coefficient (Wildman–Crippen LogP) is 1.50. The minimum absolute atomic E-state index is 0.0179. The van der Waals surface area contributed by atoms with Crippen molar-refractivity contribution < 1.29 is 14.6 Å². The van der Waals surface area contributed by atoms with Gasteiger partial charge in [0.25, 0.3) is 0 Å². The Labute approximate surface area is 119 Å². The van der Waals surface area contributed by atoms with Gasteiger partial charge in [-0.25, -0.2) is 4.39 Å². The van der Waals surface area contributed by atoms with Gasteiger partial charge in [0.05, 0.1) is 0 Å². The van der Waals surface area contributed by atoms with Crippen LogP contribution in [-0.2, 0) is 0 Å². The van der Waals surface area contributed by atoms with Crippen LogP contribution in [0.4, 0.5) is 4.39 Å². The molecule has 3 N–H and O–H groups in total. The SMILES string of the molecule is CC(C)(CO)[C@H](c1ccc(O)c(F)c1)N1CCNCC1. The van der Waals surface area contributed by atoms with E-state index in [9.17, 15) is 14.6 Å². The molecule has 1 heterocycles. The normalized spacial score (nSPS) is 19.0. The quantitative estimate of drug-likeness (QED) is 0.783. The monoisotopic (exact) mass is 282 g/mol. The summed E-state index contributed by atoms with van der Waals surface area (Å²) in [5, 5.41) is 22.3. The van der Waals surface area contributed by atoms with Crippen molar-refractivity contribution in [3.05, 3.63) is 29.6 Å². The molecule has 1 aliphatic rings. The molecule has 2 rings (SSSR count). The largest absolute Gasteiger partial charge is 0.505 e. The van der Waals surface area contributed by atoms with Crippen molar-refractivity contribution in [1.29, 1.82) is 0 Å². The molecule has 4 nitrogen and oxygen atoms in total. The Morgan fingerprint density at radius 2 is 2.00 bits per heavy atom. The van der Waals surface area contributed by atoms with E-state index in [4.69, 9.17) is 0 Å². The fourth-order valence-electron chi connectivity index (χ4n) is 2.88. The molecule has 0 spiro atoms. The first-order valence-corrected chi connectivity index (χ1v) is 7.00. The highest BCUT2D eigenvalue weighted by Crippen LogP contribution is 2.39. The lowest BCUT2D eigenvalue weighted by atomic mass is 9.79. The summed E-state index contributed by atoms with van der Waals surface area (Å²) in [5.41, 5.74) is 0.405. The van der Waals surface area contributed by atoms with Crippen molar-refractivity contribution in [3.63, 3.8) is 0 Å². The van der Waals surface area contributed by atoms with Crippen molar-refractivity contribution in [2.24, 2.45) is 5.41 Å². The highest BCUT2D eigenvalue weighted by Gasteiger charge is 2.35. The summed E-state index contributed by atoms with van der Waals surface area (Å²) in [7, 11) is 0. The van der Waals surface area contributed by atoms with E-state index in [1.165, 1.54) is 12.1 Å². The van der Waals surface area contributed by atoms with Gasteiger partial charge in [-0.05, 0) is 17.7 Å². The fourth-order valence-corrected chi connectivity index (χ4v) is 2.88. The number of aliphatic hydroxyl groups is 1. The summed E-state index contributed by atoms with van der Waals surface area (Å²) >= 11 is 0. The molecule has 0 bridgehead atoms. The summed E-state index contributed by atoms with van der Waals surface area (Å²) in [6, 6.07) is 4.42. The van der Waals surface area contributed by atoms with Crippen LogP contribution in [0.3, 0.4) is 0 Å². The molecule has 0 aliphatic carbocycles. The van der Waals surface area contributed by atoms with Crippen LogP contribution in [0.25, 0.3) is 0 Å². The van der Waals surface area contributed by atoms with Crippen molar-refractivity contribution in [3.8, 4) is 5.75 Å². The molecule has 5 heteroatoms. The third kappa shape index (κ3) is 3.11. The Bertz CT molecular complexity index is 459. The number of nitrogens with zero attached hydrogens (tertiary/aromatic N) is 1. The molecule has 0 unspecified atom stereocenters. The van der Waals surface area contributed by atoms with E-state index in [1.54, 1.807) is 6.07 Å². The molecular weight excluding hydrogens is 259 g/mol. The number of rotatable bonds is 4. The zero-order valence-electron chi connectivity index (χ0n) is 12.1. The van der Waals surface area contributed by atoms with Gasteiger partial charge < -0.3 is 15.5 Å². The maximum absolute atomic E-state index is 13.7. The second kappa shape index (κ2) is 6.08. The third-order valence-corrected chi connectivity index (χ3v) is 3.95. The van der Waals surface area contributed by atoms with Gasteiger partial charge in [-0.15, -0.1) is 0 Å². The number of phenolic OH excluding ortho intramolecular Hbond substituents is 1. The highest BCUT2D eigenvalue weighted by atomic mass is 19.1. The maximum atomic E-state index is 13.7. The van der Waals surface area contributed by atoms with Gasteiger partial charge >= 0.3 is 0 Å². The summed E-state index contributed by atoms with van der Waals surface area (Å²) in [6.07, 6.45) is 0. The number of aliphatic hydroxyl groups excluding tert-OH is 1. The van der Waals surface area contributed by atoms with E-state index in [-0.39, 0.29) is 23.8 Å². The Hall–Kier alpha value is -1.17. The van der Waals surface area contributed by atoms with Crippen LogP contribution in [-0.4, -0.2) is 47.9 Å². The van der Waals surface area contributed by atoms with Crippen LogP contribution in [0.15, 0.2) is 18.2 Å². The lowest BCUT2D eigenvalue weighted by Crippen LogP contribution is -2.49. The standard InChI is InChI=1S/C15H23FN2O2/c1-15(2,10-19)14(18-7-5-17-6-8-18)11-3-4-13(20)12(16)9-11/h3-4,9,14,17,19-20H,5-8,10H2,1-2H3/t14-/m0/s1. The lowest BCUT2D eigenvalue weighted by Gasteiger charge is -2.43. The van der Waals surface area contributed by atoms with E-state index < -0.39 is 5.82 Å². The molecule has 1 atom stereocenters. The molecule has 0 radical (unpaired) electrons. The van der Waals surface area contributed by atoms with E-state index in [0.29, 0.717) is 0 Å². The van der Waals surface area contributed by atoms with E-state index >= 15 is 0 Å². The molecule has 0 aromatic heterocycles. The molecule has 0 amide bonds. The van der Waals surface area contributed by atoms with E-state index in [2.05, 4.69) is 10.2 Å². The van der Waals surface area contributed by atoms with Gasteiger partial charge in [0.2, 0.25) is 0 Å². The highest BCUT2D eigenvalue weighted by molar-refractivity contribution is 5.31. The summed E-state index contributed by atoms with van der Waals surface area (Å²) in [5.74, 6) is -0.953. The maximum Gasteiger partial charge on any atom is 0.165 e. The smallest absolute Gasteiger partial charge is 0.165 e. The molecule has 20 heavy (non-hydrogen) atoms. The molecule has 1 aliphatic heterocycles. The van der Waals surface area contributed by atoms with Crippen LogP contribution in [0.2, 0.25) is 0 Å². The first-order valence-electron chi connectivity index (χ1n) is 7.00. The fraction of sp³-hybridized carbons (Fsp3) is 0.600. The average molecular weight is 282 g/mol. The Balaban J connectivity index is 2.36. The Kier molecular flexibility index (Phi) is 4.62. The van der Waals surface area contributed by atoms with Gasteiger partial charge in [-0.1, -0.05) is 19.9 Å². The van der Waals surface area contributed by atoms with Crippen molar-refractivity contribution in [2.75, 3.05) is 32.8 Å². The third-order valence-electron chi connectivity index (χ3n) is 3.95. The molecule has 1 aromatic carbocycles. The minimum atomic E-state index is -0.614. The second-order valence-corrected chi connectivity index (χ2v) is 6.05. The van der Waals surface area contributed by atoms with Crippen LogP contribution < -0.4 is 5.32 Å². The minimum Gasteiger partial charge on any atom is -0.505 e. The predicted molar refractivity (Wildman–Crippen MR) is 76.1 cm³/mol. The first-order chi connectivity index (χ1) is 9.45. The number of hydrogen-bond donors (Lipinski definition) is 3. The molecule has 1 aromatic rings. The van der Waals surface area contributed by atoms with E-state index in [0.717, 1.165) is 31.7 Å². The molecular formula is C15H23FN2O2. The number of hydrogen-bond acceptors (Lipinski definition) is 4. The molecule has 1 fully saturated rings. The summed E-state index contributed by atoms with van der Waals surface area (Å²) < 4.78 is 13.7. The average Bonchev–Trinajstić information content (AvgIpc) is 2.44. The van der Waals surface area contributed by atoms with E-state index in [1.807, 2.05) is 13.8 Å². The Morgan fingerprint density at radius 3 is 2.55 bits per heavy atom. The van der Waals surface area contributed by atoms with Crippen LogP contribution in [0.5, 0.6) is 5.75 Å². The summed E-state index contributed by atoms with van der Waals surface area (Å²) in [4.78, 5) is 2.26. The molecule has 1 saturated heterocycles. The van der Waals surface area contributed by atoms with Gasteiger partial charge in [0.1, 0.15) is 0 Å². The zero-order valence-corrected chi connectivity index (χ0v) is 12.1. The van der Waals surface area contributed by atoms with Crippen molar-refractivity contribution in [2.45, 2.75) is 19.9 Å². The number of halogens is 1. The topological polar surface area (TPSA) is 55.7 Å². The van der Waals surface area contributed by atoms with Gasteiger partial charge in [0.15, 0.2) is 11.6 Å². The Morgan fingerprint density at radius 1 is 1.35 bits per heavy atom. The second-order valence-electron chi connectivity index (χ2n) is 6.05.